The van der Waals surface area contributed by atoms with Crippen molar-refractivity contribution in [3.63, 3.8) is 0 Å². The van der Waals surface area contributed by atoms with Crippen LogP contribution in [0.5, 0.6) is 0 Å². The number of benzene rings is 2. The Balaban J connectivity index is -0.000000222. The number of rotatable bonds is 6. The van der Waals surface area contributed by atoms with Gasteiger partial charge < -0.3 is 10.9 Å². The van der Waals surface area contributed by atoms with E-state index in [1.54, 1.807) is 0 Å². The smallest absolute Gasteiger partial charge is 1.00 e. The van der Waals surface area contributed by atoms with Crippen LogP contribution in [-0.2, 0) is 21.3 Å². The molecular weight excluding hydrogens is 598 g/mol. The zero-order valence-corrected chi connectivity index (χ0v) is 26.2. The summed E-state index contributed by atoms with van der Waals surface area (Å²) >= 11 is 6.48. The van der Waals surface area contributed by atoms with Gasteiger partial charge >= 0.3 is 29.6 Å². The first-order valence-corrected chi connectivity index (χ1v) is 13.2. The molecule has 0 unspecified atom stereocenters. The van der Waals surface area contributed by atoms with Crippen molar-refractivity contribution in [2.24, 2.45) is 0 Å². The van der Waals surface area contributed by atoms with Crippen LogP contribution in [-0.4, -0.2) is 44.2 Å². The average Bonchev–Trinajstić information content (AvgIpc) is 2.88. The van der Waals surface area contributed by atoms with Crippen LogP contribution in [0.1, 0.15) is 45.3 Å². The molecule has 1 heterocycles. The Morgan fingerprint density at radius 1 is 1.00 bits per heavy atom. The molecule has 1 aliphatic heterocycles. The molecule has 0 radical (unpaired) electrons. The fraction of sp³-hybridized carbons (Fsp3) is 0.500. The molecule has 0 saturated carbocycles. The van der Waals surface area contributed by atoms with E-state index < -0.39 is 7.15 Å². The first kappa shape index (κ1) is 37.4. The van der Waals surface area contributed by atoms with E-state index in [0.29, 0.717) is 19.6 Å². The third-order valence-corrected chi connectivity index (χ3v) is 5.66. The first-order chi connectivity index (χ1) is 16.9. The molecule has 2 aromatic carbocycles. The fourth-order valence-corrected chi connectivity index (χ4v) is 3.52. The minimum absolute atomic E-state index is 0. The first-order valence-electron chi connectivity index (χ1n) is 11.7. The van der Waals surface area contributed by atoms with Gasteiger partial charge in [-0.05, 0) is 37.8 Å². The summed E-state index contributed by atoms with van der Waals surface area (Å²) in [4.78, 5) is 0. The van der Waals surface area contributed by atoms with Crippen LogP contribution in [0.25, 0.3) is 0 Å². The molecule has 1 aliphatic rings. The summed E-state index contributed by atoms with van der Waals surface area (Å²) in [7, 11) is -1.00. The number of nitriles is 2. The molecule has 1 saturated heterocycles. The zero-order chi connectivity index (χ0) is 26.4. The number of ether oxygens (including phenoxy) is 2. The minimum Gasteiger partial charge on any atom is -1.00 e. The van der Waals surface area contributed by atoms with Gasteiger partial charge in [0.1, 0.15) is 0 Å². The summed E-state index contributed by atoms with van der Waals surface area (Å²) in [5.41, 5.74) is 4.39. The maximum atomic E-state index is 9.96. The van der Waals surface area contributed by atoms with E-state index in [0.717, 1.165) is 47.8 Å². The van der Waals surface area contributed by atoms with Crippen LogP contribution in [0.15, 0.2) is 48.5 Å². The number of hydrogen-bond donors (Lipinski definition) is 0. The Bertz CT molecular complexity index is 870. The van der Waals surface area contributed by atoms with Gasteiger partial charge in [0.15, 0.2) is 0 Å². The standard InChI is InChI=1S/C13H15NO.C9H9N.C4H8Br2O.CH3F.CH4.Na.H/c1-11-2-4-12(5-3-11)13(10-14)6-8-15-9-7-13;1-8-2-4-9(5-3-8)6-7-10;5-1-3-7-4-2-6;1-2;;;/h2-5H,6-9H2,1H3;2-5H,6H2,1H3;1-4H2;1H3;1H4;;/q;;;;;+1;-1/i;;;1D;;;. The van der Waals surface area contributed by atoms with Crippen molar-refractivity contribution >= 4 is 31.9 Å². The van der Waals surface area contributed by atoms with Crippen LogP contribution in [0.2, 0.25) is 0 Å². The molecule has 2 aromatic rings. The molecular formula is C28H40Br2FN2NaO2. The van der Waals surface area contributed by atoms with Gasteiger partial charge in [-0.2, -0.15) is 10.5 Å². The van der Waals surface area contributed by atoms with Crippen molar-refractivity contribution in [1.82, 2.24) is 0 Å². The molecule has 8 heteroatoms. The Labute approximate surface area is 260 Å². The van der Waals surface area contributed by atoms with Gasteiger partial charge in [-0.25, -0.2) is 0 Å². The summed E-state index contributed by atoms with van der Waals surface area (Å²) in [5.74, 6) is 0. The molecule has 1 fully saturated rings. The van der Waals surface area contributed by atoms with Crippen LogP contribution in [0.4, 0.5) is 4.39 Å². The molecule has 36 heavy (non-hydrogen) atoms. The van der Waals surface area contributed by atoms with Crippen molar-refractivity contribution < 1.29 is 46.2 Å². The van der Waals surface area contributed by atoms with Gasteiger partial charge in [0.25, 0.3) is 0 Å². The molecule has 0 aliphatic carbocycles. The fourth-order valence-electron chi connectivity index (χ4n) is 3.07. The van der Waals surface area contributed by atoms with Crippen LogP contribution < -0.4 is 29.6 Å². The molecule has 0 atom stereocenters. The Morgan fingerprint density at radius 2 is 1.44 bits per heavy atom. The molecule has 0 N–H and O–H groups in total. The normalized spacial score (nSPS) is 12.9. The summed E-state index contributed by atoms with van der Waals surface area (Å²) in [6, 6.07) is 20.9. The van der Waals surface area contributed by atoms with Crippen LogP contribution in [0.3, 0.4) is 0 Å². The number of aryl methyl sites for hydroxylation is 2. The summed E-state index contributed by atoms with van der Waals surface area (Å²) in [5, 5.41) is 19.6. The van der Waals surface area contributed by atoms with E-state index in [2.05, 4.69) is 75.2 Å². The summed E-state index contributed by atoms with van der Waals surface area (Å²) in [6.45, 7) is 7.11. The van der Waals surface area contributed by atoms with Gasteiger partial charge in [0.05, 0.1) is 45.7 Å². The SMILES string of the molecule is BrCCOCCBr.C.Cc1ccc(C2(C#N)CCOCC2)cc1.Cc1ccc(CC#N)cc1.[2H]CF.[H-].[Na+]. The zero-order valence-electron chi connectivity index (χ0n) is 23.0. The van der Waals surface area contributed by atoms with Crippen molar-refractivity contribution in [3.8, 4) is 12.1 Å². The average molecular weight is 639 g/mol. The molecule has 0 aromatic heterocycles. The second-order valence-corrected chi connectivity index (χ2v) is 9.07. The number of nitrogens with zero attached hydrogens (tertiary/aromatic N) is 2. The van der Waals surface area contributed by atoms with Crippen molar-refractivity contribution in [3.05, 3.63) is 70.8 Å². The second kappa shape index (κ2) is 25.9. The Morgan fingerprint density at radius 3 is 1.83 bits per heavy atom. The molecule has 0 bridgehead atoms. The minimum atomic E-state index is -1.00. The van der Waals surface area contributed by atoms with Gasteiger partial charge in [0, 0.05) is 23.9 Å². The molecule has 0 spiro atoms. The predicted octanol–water partition coefficient (Wildman–Crippen LogP) is 4.76. The van der Waals surface area contributed by atoms with Crippen molar-refractivity contribution in [2.75, 3.05) is 44.2 Å². The number of alkyl halides is 3. The third kappa shape index (κ3) is 16.9. The predicted molar refractivity (Wildman–Crippen MR) is 152 cm³/mol. The topological polar surface area (TPSA) is 66.0 Å². The van der Waals surface area contributed by atoms with E-state index in [9.17, 15) is 9.65 Å². The Kier molecular flexibility index (Phi) is 26.9. The molecule has 0 amide bonds. The quantitative estimate of drug-likeness (QED) is 0.260. The molecule has 196 valence electrons. The maximum Gasteiger partial charge on any atom is 1.00 e. The van der Waals surface area contributed by atoms with Gasteiger partial charge in [0.2, 0.25) is 0 Å². The van der Waals surface area contributed by atoms with Crippen molar-refractivity contribution in [2.45, 2.75) is 46.0 Å². The monoisotopic (exact) mass is 637 g/mol. The maximum absolute atomic E-state index is 9.96. The van der Waals surface area contributed by atoms with Crippen LogP contribution in [0, 0.1) is 36.5 Å². The Hall–Kier alpha value is -0.770. The molecule has 3 rings (SSSR count). The van der Waals surface area contributed by atoms with Gasteiger partial charge in [-0.1, -0.05) is 98.9 Å². The number of hydrogen-bond acceptors (Lipinski definition) is 4. The second-order valence-electron chi connectivity index (χ2n) is 7.48. The van der Waals surface area contributed by atoms with E-state index in [1.165, 1.54) is 11.1 Å². The van der Waals surface area contributed by atoms with E-state index in [-0.39, 0.29) is 43.8 Å². The van der Waals surface area contributed by atoms with E-state index in [4.69, 9.17) is 16.1 Å². The van der Waals surface area contributed by atoms with Crippen LogP contribution >= 0.6 is 31.9 Å². The van der Waals surface area contributed by atoms with E-state index in [1.807, 2.05) is 31.2 Å². The third-order valence-electron chi connectivity index (χ3n) is 5.01. The summed E-state index contributed by atoms with van der Waals surface area (Å²) < 4.78 is 25.9. The van der Waals surface area contributed by atoms with Crippen molar-refractivity contribution in [1.29, 1.82) is 10.5 Å². The van der Waals surface area contributed by atoms with E-state index >= 15 is 0 Å². The number of halogens is 3. The summed E-state index contributed by atoms with van der Waals surface area (Å²) in [6.07, 6.45) is 2.14. The van der Waals surface area contributed by atoms with Gasteiger partial charge in [-0.15, -0.1) is 0 Å². The molecule has 4 nitrogen and oxygen atoms in total. The largest absolute Gasteiger partial charge is 1.00 e. The van der Waals surface area contributed by atoms with Gasteiger partial charge in [-0.3, -0.25) is 4.39 Å².